The first-order valence-corrected chi connectivity index (χ1v) is 9.56. The minimum Gasteiger partial charge on any atom is -0.462 e. The Morgan fingerprint density at radius 3 is 2.39 bits per heavy atom. The number of hydrogen-bond donors (Lipinski definition) is 2. The standard InChI is InChI=1S/C21H22N6O4/c1-13(2)11-31-21(28)15-4-6-16(7-5-15)25-19-18(27(29)30)20(24-12-23-19)26-17-10-14(3)8-9-22-17/h4-10,12-13H,11H2,1-3H3,(H2,22,23,24,25,26). The summed E-state index contributed by atoms with van der Waals surface area (Å²) < 4.78 is 5.20. The molecule has 0 unspecified atom stereocenters. The molecule has 0 aliphatic heterocycles. The van der Waals surface area contributed by atoms with Gasteiger partial charge in [-0.05, 0) is 54.8 Å². The first kappa shape index (κ1) is 21.6. The third-order valence-corrected chi connectivity index (χ3v) is 4.10. The summed E-state index contributed by atoms with van der Waals surface area (Å²) in [6, 6.07) is 9.95. The Labute approximate surface area is 178 Å². The lowest BCUT2D eigenvalue weighted by Gasteiger charge is -2.11. The van der Waals surface area contributed by atoms with Crippen molar-refractivity contribution in [3.63, 3.8) is 0 Å². The van der Waals surface area contributed by atoms with E-state index in [1.807, 2.05) is 26.8 Å². The lowest BCUT2D eigenvalue weighted by atomic mass is 10.2. The van der Waals surface area contributed by atoms with Crippen molar-refractivity contribution >= 4 is 34.8 Å². The van der Waals surface area contributed by atoms with Crippen molar-refractivity contribution in [1.29, 1.82) is 0 Å². The molecule has 0 saturated carbocycles. The minimum atomic E-state index is -0.571. The van der Waals surface area contributed by atoms with Crippen LogP contribution in [0.25, 0.3) is 0 Å². The second-order valence-electron chi connectivity index (χ2n) is 7.21. The van der Waals surface area contributed by atoms with Crippen LogP contribution in [0.3, 0.4) is 0 Å². The number of carbonyl (C=O) groups excluding carboxylic acids is 1. The second kappa shape index (κ2) is 9.61. The van der Waals surface area contributed by atoms with Crippen LogP contribution in [-0.4, -0.2) is 32.5 Å². The van der Waals surface area contributed by atoms with Crippen LogP contribution in [0.4, 0.5) is 28.8 Å². The van der Waals surface area contributed by atoms with Crippen molar-refractivity contribution in [3.05, 3.63) is 70.2 Å². The molecule has 10 heteroatoms. The Bertz CT molecular complexity index is 1090. The Hall–Kier alpha value is -4.08. The highest BCUT2D eigenvalue weighted by Gasteiger charge is 2.23. The normalized spacial score (nSPS) is 10.6. The highest BCUT2D eigenvalue weighted by Crippen LogP contribution is 2.32. The molecule has 0 atom stereocenters. The topological polar surface area (TPSA) is 132 Å². The first-order chi connectivity index (χ1) is 14.8. The molecule has 31 heavy (non-hydrogen) atoms. The van der Waals surface area contributed by atoms with Crippen molar-refractivity contribution in [1.82, 2.24) is 15.0 Å². The molecular weight excluding hydrogens is 400 g/mol. The number of aromatic nitrogens is 3. The average Bonchev–Trinajstić information content (AvgIpc) is 2.72. The molecule has 0 aliphatic rings. The summed E-state index contributed by atoms with van der Waals surface area (Å²) in [6.07, 6.45) is 2.81. The van der Waals surface area contributed by atoms with E-state index in [1.165, 1.54) is 6.33 Å². The lowest BCUT2D eigenvalue weighted by Crippen LogP contribution is -2.10. The van der Waals surface area contributed by atoms with Crippen molar-refractivity contribution < 1.29 is 14.5 Å². The molecule has 2 heterocycles. The van der Waals surface area contributed by atoms with Gasteiger partial charge in [0.2, 0.25) is 11.6 Å². The van der Waals surface area contributed by atoms with Gasteiger partial charge >= 0.3 is 11.7 Å². The SMILES string of the molecule is Cc1ccnc(Nc2ncnc(Nc3ccc(C(=O)OCC(C)C)cc3)c2[N+](=O)[O-])c1. The number of ether oxygens (including phenoxy) is 1. The number of anilines is 4. The fraction of sp³-hybridized carbons (Fsp3) is 0.238. The van der Waals surface area contributed by atoms with E-state index in [1.54, 1.807) is 36.5 Å². The van der Waals surface area contributed by atoms with Crippen LogP contribution in [0, 0.1) is 23.0 Å². The van der Waals surface area contributed by atoms with Gasteiger partial charge in [0.1, 0.15) is 12.1 Å². The molecule has 0 bridgehead atoms. The number of carbonyl (C=O) groups is 1. The lowest BCUT2D eigenvalue weighted by molar-refractivity contribution is -0.383. The number of nitrogens with one attached hydrogen (secondary N) is 2. The number of rotatable bonds is 8. The largest absolute Gasteiger partial charge is 0.462 e. The van der Waals surface area contributed by atoms with Gasteiger partial charge in [-0.2, -0.15) is 0 Å². The molecule has 160 valence electrons. The maximum atomic E-state index is 12.0. The maximum absolute atomic E-state index is 12.0. The van der Waals surface area contributed by atoms with Crippen molar-refractivity contribution in [3.8, 4) is 0 Å². The average molecular weight is 422 g/mol. The molecule has 0 fully saturated rings. The number of esters is 1. The fourth-order valence-electron chi connectivity index (χ4n) is 2.61. The quantitative estimate of drug-likeness (QED) is 0.308. The Balaban J connectivity index is 1.81. The Morgan fingerprint density at radius 1 is 1.10 bits per heavy atom. The summed E-state index contributed by atoms with van der Waals surface area (Å²) in [5.74, 6) is 0.253. The summed E-state index contributed by atoms with van der Waals surface area (Å²) in [4.78, 5) is 35.3. The van der Waals surface area contributed by atoms with Gasteiger partial charge in [0.15, 0.2) is 0 Å². The van der Waals surface area contributed by atoms with Crippen LogP contribution in [0.1, 0.15) is 29.8 Å². The Morgan fingerprint density at radius 2 is 1.77 bits per heavy atom. The summed E-state index contributed by atoms with van der Waals surface area (Å²) >= 11 is 0. The highest BCUT2D eigenvalue weighted by atomic mass is 16.6. The molecule has 0 radical (unpaired) electrons. The van der Waals surface area contributed by atoms with E-state index in [0.29, 0.717) is 23.7 Å². The number of hydrogen-bond acceptors (Lipinski definition) is 9. The summed E-state index contributed by atoms with van der Waals surface area (Å²) in [5.41, 5.74) is 1.52. The fourth-order valence-corrected chi connectivity index (χ4v) is 2.61. The van der Waals surface area contributed by atoms with Gasteiger partial charge in [-0.15, -0.1) is 0 Å². The van der Waals surface area contributed by atoms with Crippen LogP contribution in [0.2, 0.25) is 0 Å². The van der Waals surface area contributed by atoms with Gasteiger partial charge in [-0.1, -0.05) is 13.8 Å². The molecular formula is C21H22N6O4. The smallest absolute Gasteiger partial charge is 0.353 e. The number of nitrogens with zero attached hydrogens (tertiary/aromatic N) is 4. The van der Waals surface area contributed by atoms with Gasteiger partial charge < -0.3 is 15.4 Å². The Kier molecular flexibility index (Phi) is 6.71. The molecule has 2 aromatic heterocycles. The maximum Gasteiger partial charge on any atom is 0.353 e. The third-order valence-electron chi connectivity index (χ3n) is 4.10. The van der Waals surface area contributed by atoms with Gasteiger partial charge in [0, 0.05) is 11.9 Å². The molecule has 0 saturated heterocycles. The van der Waals surface area contributed by atoms with Crippen molar-refractivity contribution in [2.24, 2.45) is 5.92 Å². The van der Waals surface area contributed by atoms with E-state index >= 15 is 0 Å². The zero-order chi connectivity index (χ0) is 22.4. The number of aryl methyl sites for hydroxylation is 1. The molecule has 10 nitrogen and oxygen atoms in total. The van der Waals surface area contributed by atoms with Crippen LogP contribution in [0.5, 0.6) is 0 Å². The van der Waals surface area contributed by atoms with E-state index in [9.17, 15) is 14.9 Å². The molecule has 0 spiro atoms. The van der Waals surface area contributed by atoms with E-state index in [-0.39, 0.29) is 23.2 Å². The molecule has 3 rings (SSSR count). The summed E-state index contributed by atoms with van der Waals surface area (Å²) in [6.45, 7) is 6.12. The summed E-state index contributed by atoms with van der Waals surface area (Å²) in [7, 11) is 0. The van der Waals surface area contributed by atoms with Crippen LogP contribution in [-0.2, 0) is 4.74 Å². The van der Waals surface area contributed by atoms with Gasteiger partial charge in [-0.3, -0.25) is 10.1 Å². The predicted molar refractivity (Wildman–Crippen MR) is 116 cm³/mol. The van der Waals surface area contributed by atoms with Gasteiger partial charge in [-0.25, -0.2) is 19.7 Å². The van der Waals surface area contributed by atoms with E-state index in [0.717, 1.165) is 5.56 Å². The molecule has 1 aromatic carbocycles. The zero-order valence-corrected chi connectivity index (χ0v) is 17.3. The van der Waals surface area contributed by atoms with E-state index in [2.05, 4.69) is 25.6 Å². The molecule has 0 aliphatic carbocycles. The third kappa shape index (κ3) is 5.72. The van der Waals surface area contributed by atoms with Gasteiger partial charge in [0.25, 0.3) is 0 Å². The molecule has 3 aromatic rings. The van der Waals surface area contributed by atoms with Crippen LogP contribution >= 0.6 is 0 Å². The first-order valence-electron chi connectivity index (χ1n) is 9.56. The van der Waals surface area contributed by atoms with Crippen LogP contribution < -0.4 is 10.6 Å². The molecule has 2 N–H and O–H groups in total. The molecule has 0 amide bonds. The summed E-state index contributed by atoms with van der Waals surface area (Å²) in [5, 5.41) is 17.5. The second-order valence-corrected chi connectivity index (χ2v) is 7.21. The van der Waals surface area contributed by atoms with Crippen molar-refractivity contribution in [2.75, 3.05) is 17.2 Å². The van der Waals surface area contributed by atoms with Gasteiger partial charge in [0.05, 0.1) is 17.1 Å². The number of pyridine rings is 1. The minimum absolute atomic E-state index is 0.00490. The van der Waals surface area contributed by atoms with E-state index < -0.39 is 10.9 Å². The number of benzene rings is 1. The van der Waals surface area contributed by atoms with Crippen molar-refractivity contribution in [2.45, 2.75) is 20.8 Å². The van der Waals surface area contributed by atoms with E-state index in [4.69, 9.17) is 4.74 Å². The predicted octanol–water partition coefficient (Wildman–Crippen LogP) is 4.39. The zero-order valence-electron chi connectivity index (χ0n) is 17.3. The monoisotopic (exact) mass is 422 g/mol. The van der Waals surface area contributed by atoms with Crippen LogP contribution in [0.15, 0.2) is 48.9 Å². The highest BCUT2D eigenvalue weighted by molar-refractivity contribution is 5.90. The number of nitro groups is 1.